The van der Waals surface area contributed by atoms with Crippen molar-refractivity contribution in [2.45, 2.75) is 0 Å². The Morgan fingerprint density at radius 2 is 1.45 bits per heavy atom. The highest BCUT2D eigenvalue weighted by molar-refractivity contribution is 6.19. The molecule has 0 saturated heterocycles. The summed E-state index contributed by atoms with van der Waals surface area (Å²) in [5.41, 5.74) is 2.58. The van der Waals surface area contributed by atoms with E-state index in [4.69, 9.17) is 0 Å². The number of hydrogen-bond acceptors (Lipinski definition) is 3. The molecule has 5 nitrogen and oxygen atoms in total. The second-order valence-corrected chi connectivity index (χ2v) is 6.50. The number of nitrogens with one attached hydrogen (secondary N) is 1. The molecular formula is C24H19N3O2. The average Bonchev–Trinajstić information content (AvgIpc) is 3.09. The number of nitrogens with zero attached hydrogens (tertiary/aromatic N) is 2. The van der Waals surface area contributed by atoms with E-state index in [1.807, 2.05) is 66.7 Å². The highest BCUT2D eigenvalue weighted by Gasteiger charge is 2.31. The highest BCUT2D eigenvalue weighted by atomic mass is 16.2. The Morgan fingerprint density at radius 1 is 0.862 bits per heavy atom. The van der Waals surface area contributed by atoms with Gasteiger partial charge in [0.15, 0.2) is 0 Å². The van der Waals surface area contributed by atoms with Crippen LogP contribution in [0.15, 0.2) is 102 Å². The van der Waals surface area contributed by atoms with Crippen LogP contribution >= 0.6 is 0 Å². The van der Waals surface area contributed by atoms with E-state index in [2.05, 4.69) is 10.3 Å². The maximum Gasteiger partial charge on any atom is 0.279 e. The van der Waals surface area contributed by atoms with Crippen LogP contribution in [0.25, 0.3) is 6.08 Å². The second-order valence-electron chi connectivity index (χ2n) is 6.50. The summed E-state index contributed by atoms with van der Waals surface area (Å²) in [5, 5.41) is 2.81. The predicted molar refractivity (Wildman–Crippen MR) is 113 cm³/mol. The van der Waals surface area contributed by atoms with Crippen molar-refractivity contribution in [3.05, 3.63) is 113 Å². The molecule has 0 fully saturated rings. The normalized spacial score (nSPS) is 14.8. The molecule has 0 radical (unpaired) electrons. The van der Waals surface area contributed by atoms with Crippen molar-refractivity contribution < 1.29 is 9.59 Å². The Bertz CT molecular complexity index is 1070. The zero-order valence-electron chi connectivity index (χ0n) is 15.7. The zero-order valence-corrected chi connectivity index (χ0v) is 15.7. The summed E-state index contributed by atoms with van der Waals surface area (Å²) < 4.78 is 0. The van der Waals surface area contributed by atoms with Gasteiger partial charge < -0.3 is 5.32 Å². The molecule has 1 aliphatic rings. The van der Waals surface area contributed by atoms with Gasteiger partial charge in [0, 0.05) is 11.1 Å². The lowest BCUT2D eigenvalue weighted by molar-refractivity contribution is -0.122. The van der Waals surface area contributed by atoms with Gasteiger partial charge in [-0.1, -0.05) is 78.9 Å². The van der Waals surface area contributed by atoms with Gasteiger partial charge in [0.25, 0.3) is 11.8 Å². The third-order valence-corrected chi connectivity index (χ3v) is 4.51. The van der Waals surface area contributed by atoms with Gasteiger partial charge in [-0.25, -0.2) is 4.99 Å². The number of benzene rings is 3. The fraction of sp³-hybridized carbons (Fsp3) is 0.0417. The molecule has 0 spiro atoms. The summed E-state index contributed by atoms with van der Waals surface area (Å²) in [6.07, 6.45) is 1.75. The van der Waals surface area contributed by atoms with Gasteiger partial charge in [-0.3, -0.25) is 14.5 Å². The Labute approximate surface area is 169 Å². The van der Waals surface area contributed by atoms with Crippen molar-refractivity contribution in [3.8, 4) is 0 Å². The van der Waals surface area contributed by atoms with Gasteiger partial charge in [0.1, 0.15) is 11.5 Å². The van der Waals surface area contributed by atoms with E-state index in [-0.39, 0.29) is 18.5 Å². The van der Waals surface area contributed by atoms with Crippen LogP contribution in [0.1, 0.15) is 21.5 Å². The lowest BCUT2D eigenvalue weighted by Crippen LogP contribution is -2.42. The van der Waals surface area contributed by atoms with Gasteiger partial charge in [0.05, 0.1) is 6.67 Å². The molecule has 142 valence electrons. The first kappa shape index (κ1) is 18.4. The van der Waals surface area contributed by atoms with E-state index in [0.29, 0.717) is 17.1 Å². The first-order valence-corrected chi connectivity index (χ1v) is 9.28. The van der Waals surface area contributed by atoms with Crippen LogP contribution in [0.3, 0.4) is 0 Å². The molecule has 3 aromatic rings. The van der Waals surface area contributed by atoms with Crippen LogP contribution in [0, 0.1) is 0 Å². The quantitative estimate of drug-likeness (QED) is 0.685. The number of amides is 2. The SMILES string of the molecule is O=C(NCN1C(=O)/C(=C/c2ccccc2)N=C1c1ccccc1)c1ccccc1. The molecule has 0 bridgehead atoms. The number of hydrogen-bond donors (Lipinski definition) is 1. The first-order valence-electron chi connectivity index (χ1n) is 9.28. The smallest absolute Gasteiger partial charge is 0.279 e. The molecule has 3 aromatic carbocycles. The third kappa shape index (κ3) is 4.14. The summed E-state index contributed by atoms with van der Waals surface area (Å²) in [7, 11) is 0. The number of amidine groups is 1. The molecule has 0 saturated carbocycles. The summed E-state index contributed by atoms with van der Waals surface area (Å²) >= 11 is 0. The average molecular weight is 381 g/mol. The van der Waals surface area contributed by atoms with Crippen molar-refractivity contribution in [2.75, 3.05) is 6.67 Å². The molecule has 2 amide bonds. The second kappa shape index (κ2) is 8.35. The van der Waals surface area contributed by atoms with Crippen molar-refractivity contribution in [1.29, 1.82) is 0 Å². The van der Waals surface area contributed by atoms with Gasteiger partial charge >= 0.3 is 0 Å². The van der Waals surface area contributed by atoms with Crippen LogP contribution in [-0.4, -0.2) is 29.2 Å². The largest absolute Gasteiger partial charge is 0.334 e. The molecule has 4 rings (SSSR count). The molecule has 0 atom stereocenters. The Kier molecular flexibility index (Phi) is 5.29. The minimum absolute atomic E-state index is 0.0341. The van der Waals surface area contributed by atoms with E-state index in [0.717, 1.165) is 11.1 Å². The first-order chi connectivity index (χ1) is 14.2. The molecule has 0 unspecified atom stereocenters. The lowest BCUT2D eigenvalue weighted by Gasteiger charge is -2.19. The van der Waals surface area contributed by atoms with Crippen LogP contribution in [0.4, 0.5) is 0 Å². The number of aliphatic imine (C=N–C) groups is 1. The number of rotatable bonds is 5. The van der Waals surface area contributed by atoms with Crippen LogP contribution in [0.2, 0.25) is 0 Å². The van der Waals surface area contributed by atoms with Gasteiger partial charge in [0.2, 0.25) is 0 Å². The maximum atomic E-state index is 13.0. The lowest BCUT2D eigenvalue weighted by atomic mass is 10.2. The number of carbonyl (C=O) groups is 2. The fourth-order valence-corrected chi connectivity index (χ4v) is 3.05. The van der Waals surface area contributed by atoms with Crippen LogP contribution in [-0.2, 0) is 4.79 Å². The van der Waals surface area contributed by atoms with Crippen LogP contribution < -0.4 is 5.32 Å². The Balaban J connectivity index is 1.61. The number of carbonyl (C=O) groups excluding carboxylic acids is 2. The van der Waals surface area contributed by atoms with E-state index < -0.39 is 0 Å². The molecule has 0 aromatic heterocycles. The molecule has 29 heavy (non-hydrogen) atoms. The third-order valence-electron chi connectivity index (χ3n) is 4.51. The van der Waals surface area contributed by atoms with E-state index in [1.165, 1.54) is 4.90 Å². The van der Waals surface area contributed by atoms with Crippen molar-refractivity contribution >= 4 is 23.7 Å². The molecular weight excluding hydrogens is 362 g/mol. The van der Waals surface area contributed by atoms with Crippen molar-refractivity contribution in [1.82, 2.24) is 10.2 Å². The molecule has 1 aliphatic heterocycles. The minimum atomic E-state index is -0.249. The van der Waals surface area contributed by atoms with Gasteiger partial charge in [-0.2, -0.15) is 0 Å². The highest BCUT2D eigenvalue weighted by Crippen LogP contribution is 2.21. The van der Waals surface area contributed by atoms with Gasteiger partial charge in [-0.15, -0.1) is 0 Å². The monoisotopic (exact) mass is 381 g/mol. The summed E-state index contributed by atoms with van der Waals surface area (Å²) in [5.74, 6) is 0.0264. The van der Waals surface area contributed by atoms with E-state index >= 15 is 0 Å². The molecule has 5 heteroatoms. The van der Waals surface area contributed by atoms with Crippen molar-refractivity contribution in [3.63, 3.8) is 0 Å². The molecule has 1 N–H and O–H groups in total. The standard InChI is InChI=1S/C24H19N3O2/c28-23(20-14-8-3-9-15-20)25-17-27-22(19-12-6-2-7-13-19)26-21(24(27)29)16-18-10-4-1-5-11-18/h1-16H,17H2,(H,25,28)/b21-16-. The van der Waals surface area contributed by atoms with Crippen LogP contribution in [0.5, 0.6) is 0 Å². The summed E-state index contributed by atoms with van der Waals surface area (Å²) in [4.78, 5) is 31.5. The fourth-order valence-electron chi connectivity index (χ4n) is 3.05. The topological polar surface area (TPSA) is 61.8 Å². The molecule has 0 aliphatic carbocycles. The zero-order chi connectivity index (χ0) is 20.1. The summed E-state index contributed by atoms with van der Waals surface area (Å²) in [6.45, 7) is 0.0341. The predicted octanol–water partition coefficient (Wildman–Crippen LogP) is 3.70. The Morgan fingerprint density at radius 3 is 2.10 bits per heavy atom. The Hall–Kier alpha value is -3.99. The minimum Gasteiger partial charge on any atom is -0.334 e. The summed E-state index contributed by atoms with van der Waals surface area (Å²) in [6, 6.07) is 27.9. The van der Waals surface area contributed by atoms with E-state index in [9.17, 15) is 9.59 Å². The van der Waals surface area contributed by atoms with E-state index in [1.54, 1.807) is 30.3 Å². The molecule has 1 heterocycles. The maximum absolute atomic E-state index is 13.0. The van der Waals surface area contributed by atoms with Crippen molar-refractivity contribution in [2.24, 2.45) is 4.99 Å². The van der Waals surface area contributed by atoms with Gasteiger partial charge in [-0.05, 0) is 23.8 Å².